The lowest BCUT2D eigenvalue weighted by atomic mass is 10.2. The number of esters is 1. The largest absolute Gasteiger partial charge is 0.465 e. The van der Waals surface area contributed by atoms with Crippen LogP contribution in [0.25, 0.3) is 15.3 Å². The van der Waals surface area contributed by atoms with E-state index in [0.717, 1.165) is 21.0 Å². The van der Waals surface area contributed by atoms with Gasteiger partial charge in [-0.1, -0.05) is 30.4 Å². The highest BCUT2D eigenvalue weighted by Crippen LogP contribution is 2.26. The van der Waals surface area contributed by atoms with Crippen LogP contribution < -0.4 is 0 Å². The Morgan fingerprint density at radius 1 is 1.40 bits per heavy atom. The summed E-state index contributed by atoms with van der Waals surface area (Å²) in [6.45, 7) is 1.98. The maximum Gasteiger partial charge on any atom is 0.341 e. The molecule has 3 rings (SSSR count). The Kier molecular flexibility index (Phi) is 3.23. The van der Waals surface area contributed by atoms with Crippen molar-refractivity contribution in [2.75, 3.05) is 7.11 Å². The molecule has 2 heterocycles. The van der Waals surface area contributed by atoms with Gasteiger partial charge < -0.3 is 4.74 Å². The number of fused-ring (bicyclic) bond motifs is 1. The first-order valence-corrected chi connectivity index (χ1v) is 7.07. The summed E-state index contributed by atoms with van der Waals surface area (Å²) in [5.41, 5.74) is 2.25. The second kappa shape index (κ2) is 5.05. The first-order valence-electron chi connectivity index (χ1n) is 6.25. The van der Waals surface area contributed by atoms with Crippen molar-refractivity contribution in [3.63, 3.8) is 0 Å². The van der Waals surface area contributed by atoms with Gasteiger partial charge in [0, 0.05) is 0 Å². The predicted molar refractivity (Wildman–Crippen MR) is 77.5 cm³/mol. The van der Waals surface area contributed by atoms with Gasteiger partial charge in [0.05, 0.1) is 29.2 Å². The Labute approximate surface area is 119 Å². The van der Waals surface area contributed by atoms with Crippen molar-refractivity contribution < 1.29 is 9.53 Å². The molecule has 2 aromatic heterocycles. The molecule has 20 heavy (non-hydrogen) atoms. The lowest BCUT2D eigenvalue weighted by Gasteiger charge is -2.03. The molecule has 0 bridgehead atoms. The molecule has 0 aliphatic rings. The number of rotatable bonds is 3. The molecule has 0 N–H and O–H groups in total. The minimum atomic E-state index is -0.366. The second-order valence-corrected chi connectivity index (χ2v) is 5.24. The van der Waals surface area contributed by atoms with E-state index in [1.165, 1.54) is 13.3 Å². The van der Waals surface area contributed by atoms with Crippen LogP contribution in [0.3, 0.4) is 0 Å². The number of benzene rings is 1. The van der Waals surface area contributed by atoms with E-state index in [9.17, 15) is 4.79 Å². The van der Waals surface area contributed by atoms with Crippen LogP contribution in [0, 0.1) is 0 Å². The molecule has 0 saturated carbocycles. The zero-order valence-corrected chi connectivity index (χ0v) is 12.0. The molecule has 6 heteroatoms. The number of thiazole rings is 1. The number of hydrogen-bond donors (Lipinski definition) is 0. The van der Waals surface area contributed by atoms with Gasteiger partial charge in [0.1, 0.15) is 5.56 Å². The third-order valence-electron chi connectivity index (χ3n) is 3.07. The molecule has 3 aromatic rings. The lowest BCUT2D eigenvalue weighted by molar-refractivity contribution is 0.0599. The monoisotopic (exact) mass is 287 g/mol. The molecule has 0 atom stereocenters. The van der Waals surface area contributed by atoms with E-state index in [-0.39, 0.29) is 5.97 Å². The minimum Gasteiger partial charge on any atom is -0.465 e. The average molecular weight is 287 g/mol. The summed E-state index contributed by atoms with van der Waals surface area (Å²) in [5.74, 6) is -0.366. The summed E-state index contributed by atoms with van der Waals surface area (Å²) >= 11 is 1.55. The van der Waals surface area contributed by atoms with Gasteiger partial charge in [-0.2, -0.15) is 5.10 Å². The van der Waals surface area contributed by atoms with Gasteiger partial charge in [0.25, 0.3) is 0 Å². The number of methoxy groups -OCH3 is 1. The SMILES string of the molecule is CCc1c(C(=O)OC)cnn1-c1nc2ccccc2s1. The van der Waals surface area contributed by atoms with Crippen molar-refractivity contribution in [1.29, 1.82) is 0 Å². The van der Waals surface area contributed by atoms with Gasteiger partial charge in [-0.15, -0.1) is 0 Å². The number of ether oxygens (including phenoxy) is 1. The second-order valence-electron chi connectivity index (χ2n) is 4.23. The Morgan fingerprint density at radius 2 is 2.20 bits per heavy atom. The zero-order valence-electron chi connectivity index (χ0n) is 11.2. The van der Waals surface area contributed by atoms with Crippen LogP contribution in [0.2, 0.25) is 0 Å². The quantitative estimate of drug-likeness (QED) is 0.695. The van der Waals surface area contributed by atoms with Crippen molar-refractivity contribution in [3.8, 4) is 5.13 Å². The normalized spacial score (nSPS) is 10.9. The lowest BCUT2D eigenvalue weighted by Crippen LogP contribution is -2.07. The molecule has 1 aromatic carbocycles. The number of para-hydroxylation sites is 1. The number of aromatic nitrogens is 3. The van der Waals surface area contributed by atoms with Crippen molar-refractivity contribution in [3.05, 3.63) is 41.7 Å². The predicted octanol–water partition coefficient (Wildman–Crippen LogP) is 2.83. The molecule has 102 valence electrons. The molecule has 0 saturated heterocycles. The zero-order chi connectivity index (χ0) is 14.1. The van der Waals surface area contributed by atoms with Gasteiger partial charge in [-0.3, -0.25) is 0 Å². The van der Waals surface area contributed by atoms with E-state index in [4.69, 9.17) is 4.74 Å². The van der Waals surface area contributed by atoms with E-state index in [1.807, 2.05) is 31.2 Å². The number of hydrogen-bond acceptors (Lipinski definition) is 5. The molecule has 0 fully saturated rings. The summed E-state index contributed by atoms with van der Waals surface area (Å²) in [4.78, 5) is 16.3. The fraction of sp³-hybridized carbons (Fsp3) is 0.214. The van der Waals surface area contributed by atoms with E-state index in [2.05, 4.69) is 10.1 Å². The van der Waals surface area contributed by atoms with Crippen molar-refractivity contribution >= 4 is 27.5 Å². The van der Waals surface area contributed by atoms with Gasteiger partial charge in [0.15, 0.2) is 0 Å². The summed E-state index contributed by atoms with van der Waals surface area (Å²) in [5, 5.41) is 5.05. The highest BCUT2D eigenvalue weighted by atomic mass is 32.1. The molecule has 0 radical (unpaired) electrons. The molecule has 0 aliphatic heterocycles. The maximum atomic E-state index is 11.7. The Balaban J connectivity index is 2.14. The minimum absolute atomic E-state index is 0.366. The first kappa shape index (κ1) is 12.8. The van der Waals surface area contributed by atoms with Crippen molar-refractivity contribution in [2.45, 2.75) is 13.3 Å². The van der Waals surface area contributed by atoms with E-state index >= 15 is 0 Å². The van der Waals surface area contributed by atoms with Crippen LogP contribution in [0.5, 0.6) is 0 Å². The molecule has 5 nitrogen and oxygen atoms in total. The third-order valence-corrected chi connectivity index (χ3v) is 4.08. The van der Waals surface area contributed by atoms with E-state index in [0.29, 0.717) is 12.0 Å². The third kappa shape index (κ3) is 1.98. The standard InChI is InChI=1S/C14H13N3O2S/c1-3-11-9(13(18)19-2)8-15-17(11)14-16-10-6-4-5-7-12(10)20-14/h4-8H,3H2,1-2H3. The summed E-state index contributed by atoms with van der Waals surface area (Å²) < 4.78 is 7.59. The van der Waals surface area contributed by atoms with Gasteiger partial charge in [0.2, 0.25) is 5.13 Å². The smallest absolute Gasteiger partial charge is 0.341 e. The molecular weight excluding hydrogens is 274 g/mol. The van der Waals surface area contributed by atoms with Crippen LogP contribution >= 0.6 is 11.3 Å². The van der Waals surface area contributed by atoms with Crippen molar-refractivity contribution in [1.82, 2.24) is 14.8 Å². The Bertz CT molecular complexity index is 743. The van der Waals surface area contributed by atoms with Gasteiger partial charge in [-0.05, 0) is 18.6 Å². The summed E-state index contributed by atoms with van der Waals surface area (Å²) in [6, 6.07) is 7.92. The summed E-state index contributed by atoms with van der Waals surface area (Å²) in [7, 11) is 1.37. The van der Waals surface area contributed by atoms with Crippen LogP contribution in [0.1, 0.15) is 23.0 Å². The van der Waals surface area contributed by atoms with Crippen LogP contribution in [-0.2, 0) is 11.2 Å². The van der Waals surface area contributed by atoms with E-state index < -0.39 is 0 Å². The van der Waals surface area contributed by atoms with Crippen LogP contribution in [-0.4, -0.2) is 27.8 Å². The highest BCUT2D eigenvalue weighted by Gasteiger charge is 2.19. The van der Waals surface area contributed by atoms with Crippen LogP contribution in [0.4, 0.5) is 0 Å². The molecule has 0 aliphatic carbocycles. The number of nitrogens with zero attached hydrogens (tertiary/aromatic N) is 3. The number of carbonyl (C=O) groups excluding carboxylic acids is 1. The molecular formula is C14H13N3O2S. The summed E-state index contributed by atoms with van der Waals surface area (Å²) in [6.07, 6.45) is 2.22. The van der Waals surface area contributed by atoms with Gasteiger partial charge in [-0.25, -0.2) is 14.5 Å². The Hall–Kier alpha value is -2.21. The van der Waals surface area contributed by atoms with E-state index in [1.54, 1.807) is 16.0 Å². The Morgan fingerprint density at radius 3 is 2.90 bits per heavy atom. The maximum absolute atomic E-state index is 11.7. The first-order chi connectivity index (χ1) is 9.74. The number of carbonyl (C=O) groups is 1. The van der Waals surface area contributed by atoms with Crippen molar-refractivity contribution in [2.24, 2.45) is 0 Å². The topological polar surface area (TPSA) is 57.0 Å². The van der Waals surface area contributed by atoms with Crippen LogP contribution in [0.15, 0.2) is 30.5 Å². The fourth-order valence-corrected chi connectivity index (χ4v) is 3.06. The highest BCUT2D eigenvalue weighted by molar-refractivity contribution is 7.20. The van der Waals surface area contributed by atoms with Gasteiger partial charge >= 0.3 is 5.97 Å². The molecule has 0 amide bonds. The fourth-order valence-electron chi connectivity index (χ4n) is 2.11. The molecule has 0 spiro atoms. The molecule has 0 unspecified atom stereocenters. The average Bonchev–Trinajstić information content (AvgIpc) is 3.09.